The lowest BCUT2D eigenvalue weighted by Crippen LogP contribution is -2.13. The Morgan fingerprint density at radius 2 is 1.23 bits per heavy atom. The number of hydrogen-bond acceptors (Lipinski definition) is 12. The van der Waals surface area contributed by atoms with E-state index in [1.54, 1.807) is 7.11 Å². The summed E-state index contributed by atoms with van der Waals surface area (Å²) in [6, 6.07) is 10.1. The van der Waals surface area contributed by atoms with Gasteiger partial charge in [-0.25, -0.2) is 9.59 Å². The lowest BCUT2D eigenvalue weighted by atomic mass is 10.3. The predicted octanol–water partition coefficient (Wildman–Crippen LogP) is 3.71. The Bertz CT molecular complexity index is 921. The normalized spacial score (nSPS) is 9.37. The quantitative estimate of drug-likeness (QED) is 0.127. The second kappa shape index (κ2) is 18.6. The topological polar surface area (TPSA) is 187 Å². The number of nitrogens with zero attached hydrogens (tertiary/aromatic N) is 2. The molecule has 0 atom stereocenters. The van der Waals surface area contributed by atoms with Crippen LogP contribution in [0.2, 0.25) is 0 Å². The molecule has 2 aromatic carbocycles. The molecule has 0 radical (unpaired) electrons. The van der Waals surface area contributed by atoms with Crippen molar-refractivity contribution in [1.29, 1.82) is 0 Å². The number of carbonyl (C=O) groups excluding carboxylic acids is 2. The summed E-state index contributed by atoms with van der Waals surface area (Å²) in [5, 5.41) is 28.5. The van der Waals surface area contributed by atoms with Gasteiger partial charge in [-0.1, -0.05) is 0 Å². The first-order valence-electron chi connectivity index (χ1n) is 9.44. The lowest BCUT2D eigenvalue weighted by molar-refractivity contribution is -0.385. The number of methoxy groups -OCH3 is 2. The minimum atomic E-state index is -0.978. The molecule has 0 amide bonds. The molecular formula is C20H23ClN2O12. The summed E-state index contributed by atoms with van der Waals surface area (Å²) in [5.41, 5.74) is -1.13. The third kappa shape index (κ3) is 15.6. The maximum Gasteiger partial charge on any atom is 0.513 e. The van der Waals surface area contributed by atoms with Crippen LogP contribution in [-0.4, -0.2) is 67.2 Å². The summed E-state index contributed by atoms with van der Waals surface area (Å²) in [5.74, 6) is 0.351. The number of rotatable bonds is 9. The molecule has 192 valence electrons. The average molecular weight is 519 g/mol. The number of carbonyl (C=O) groups is 2. The first-order chi connectivity index (χ1) is 16.6. The summed E-state index contributed by atoms with van der Waals surface area (Å²) < 4.78 is 23.0. The zero-order valence-corrected chi connectivity index (χ0v) is 19.4. The molecule has 0 saturated carbocycles. The van der Waals surface area contributed by atoms with Crippen LogP contribution >= 0.6 is 11.6 Å². The first kappa shape index (κ1) is 31.1. The summed E-state index contributed by atoms with van der Waals surface area (Å²) in [4.78, 5) is 40.8. The zero-order chi connectivity index (χ0) is 26.6. The Labute approximate surface area is 204 Å². The fourth-order valence-electron chi connectivity index (χ4n) is 1.79. The Morgan fingerprint density at radius 1 is 0.800 bits per heavy atom. The van der Waals surface area contributed by atoms with Gasteiger partial charge in [-0.2, -0.15) is 0 Å². The molecule has 0 fully saturated rings. The van der Waals surface area contributed by atoms with Crippen LogP contribution in [0.3, 0.4) is 0 Å². The summed E-state index contributed by atoms with van der Waals surface area (Å²) in [6.45, 7) is 0.925. The summed E-state index contributed by atoms with van der Waals surface area (Å²) in [7, 11) is 3.03. The number of ether oxygens (including phenoxy) is 5. The van der Waals surface area contributed by atoms with Crippen LogP contribution in [0, 0.1) is 20.2 Å². The van der Waals surface area contributed by atoms with Gasteiger partial charge in [0.1, 0.15) is 18.1 Å². The molecule has 14 nitrogen and oxygen atoms in total. The molecule has 0 aliphatic rings. The van der Waals surface area contributed by atoms with E-state index in [9.17, 15) is 29.8 Å². The highest BCUT2D eigenvalue weighted by molar-refractivity contribution is 6.61. The number of benzene rings is 2. The fourth-order valence-corrected chi connectivity index (χ4v) is 1.88. The third-order valence-corrected chi connectivity index (χ3v) is 3.37. The van der Waals surface area contributed by atoms with Gasteiger partial charge in [-0.05, 0) is 24.3 Å². The van der Waals surface area contributed by atoms with Crippen molar-refractivity contribution in [1.82, 2.24) is 0 Å². The van der Waals surface area contributed by atoms with Crippen LogP contribution in [0.5, 0.6) is 11.5 Å². The van der Waals surface area contributed by atoms with Gasteiger partial charge in [0.15, 0.2) is 0 Å². The van der Waals surface area contributed by atoms with Crippen molar-refractivity contribution >= 4 is 34.6 Å². The van der Waals surface area contributed by atoms with Crippen molar-refractivity contribution in [2.45, 2.75) is 0 Å². The van der Waals surface area contributed by atoms with E-state index in [0.717, 1.165) is 0 Å². The van der Waals surface area contributed by atoms with Crippen molar-refractivity contribution < 1.29 is 48.2 Å². The van der Waals surface area contributed by atoms with Gasteiger partial charge in [0.25, 0.3) is 11.4 Å². The Kier molecular flexibility index (Phi) is 16.5. The second-order valence-corrected chi connectivity index (χ2v) is 6.06. The van der Waals surface area contributed by atoms with Crippen molar-refractivity contribution in [2.75, 3.05) is 40.6 Å². The Hall–Kier alpha value is -3.85. The molecule has 0 saturated heterocycles. The molecule has 0 aliphatic carbocycles. The van der Waals surface area contributed by atoms with Crippen LogP contribution < -0.4 is 9.47 Å². The zero-order valence-electron chi connectivity index (χ0n) is 18.7. The highest BCUT2D eigenvalue weighted by atomic mass is 35.5. The molecular weight excluding hydrogens is 496 g/mol. The minimum absolute atomic E-state index is 0.0747. The highest BCUT2D eigenvalue weighted by Gasteiger charge is 2.09. The SMILES string of the molecule is COCCO.COCCOC(=O)Oc1ccc([N+](=O)[O-])cc1.O=C(Cl)Oc1ccc([N+](=O)[O-])cc1. The lowest BCUT2D eigenvalue weighted by Gasteiger charge is -2.04. The molecule has 0 aromatic heterocycles. The van der Waals surface area contributed by atoms with Crippen LogP contribution in [0.15, 0.2) is 48.5 Å². The molecule has 0 unspecified atom stereocenters. The third-order valence-electron chi connectivity index (χ3n) is 3.30. The van der Waals surface area contributed by atoms with Crippen molar-refractivity contribution in [3.8, 4) is 11.5 Å². The largest absolute Gasteiger partial charge is 0.513 e. The molecule has 0 aliphatic heterocycles. The number of aliphatic hydroxyl groups excluding tert-OH is 1. The van der Waals surface area contributed by atoms with Crippen molar-refractivity contribution in [3.63, 3.8) is 0 Å². The number of hydrogen-bond donors (Lipinski definition) is 1. The maximum atomic E-state index is 11.1. The van der Waals surface area contributed by atoms with E-state index in [-0.39, 0.29) is 42.7 Å². The van der Waals surface area contributed by atoms with E-state index in [2.05, 4.69) is 18.9 Å². The van der Waals surface area contributed by atoms with Gasteiger partial charge >= 0.3 is 11.6 Å². The fraction of sp³-hybridized carbons (Fsp3) is 0.300. The predicted molar refractivity (Wildman–Crippen MR) is 121 cm³/mol. The van der Waals surface area contributed by atoms with E-state index in [4.69, 9.17) is 21.4 Å². The van der Waals surface area contributed by atoms with Gasteiger partial charge in [0.05, 0.1) is 29.7 Å². The van der Waals surface area contributed by atoms with Gasteiger partial charge in [0, 0.05) is 50.1 Å². The van der Waals surface area contributed by atoms with E-state index in [0.29, 0.717) is 6.61 Å². The minimum Gasteiger partial charge on any atom is -0.432 e. The molecule has 0 heterocycles. The van der Waals surface area contributed by atoms with E-state index in [1.807, 2.05) is 0 Å². The first-order valence-corrected chi connectivity index (χ1v) is 9.81. The summed E-state index contributed by atoms with van der Waals surface area (Å²) in [6.07, 6.45) is -0.879. The number of non-ortho nitro benzene ring substituents is 2. The van der Waals surface area contributed by atoms with Crippen LogP contribution in [0.25, 0.3) is 0 Å². The molecule has 0 bridgehead atoms. The second-order valence-electron chi connectivity index (χ2n) is 5.75. The van der Waals surface area contributed by atoms with E-state index in [1.165, 1.54) is 55.6 Å². The smallest absolute Gasteiger partial charge is 0.432 e. The van der Waals surface area contributed by atoms with Crippen molar-refractivity contribution in [2.24, 2.45) is 0 Å². The highest BCUT2D eigenvalue weighted by Crippen LogP contribution is 2.18. The van der Waals surface area contributed by atoms with Gasteiger partial charge in [-0.3, -0.25) is 20.2 Å². The molecule has 2 aromatic rings. The standard InChI is InChI=1S/C10H11NO6.C7H4ClNO4.C3H8O2/c1-15-6-7-16-10(12)17-9-4-2-8(3-5-9)11(13)14;8-7(10)13-6-3-1-5(2-4-6)9(11)12;1-5-3-2-4/h2-5H,6-7H2,1H3;1-4H;4H,2-3H2,1H3. The van der Waals surface area contributed by atoms with Crippen molar-refractivity contribution in [3.05, 3.63) is 68.8 Å². The van der Waals surface area contributed by atoms with Gasteiger partial charge in [0.2, 0.25) is 0 Å². The molecule has 0 spiro atoms. The van der Waals surface area contributed by atoms with Crippen LogP contribution in [-0.2, 0) is 14.2 Å². The van der Waals surface area contributed by atoms with Crippen LogP contribution in [0.4, 0.5) is 21.0 Å². The van der Waals surface area contributed by atoms with Gasteiger partial charge in [-0.15, -0.1) is 0 Å². The number of nitro benzene ring substituents is 2. The van der Waals surface area contributed by atoms with E-state index < -0.39 is 21.4 Å². The molecule has 35 heavy (non-hydrogen) atoms. The maximum absolute atomic E-state index is 11.1. The Balaban J connectivity index is 0.000000567. The number of aliphatic hydroxyl groups is 1. The van der Waals surface area contributed by atoms with Gasteiger partial charge < -0.3 is 28.8 Å². The average Bonchev–Trinajstić information content (AvgIpc) is 2.81. The Morgan fingerprint density at radius 3 is 1.54 bits per heavy atom. The number of halogens is 1. The number of nitro groups is 2. The molecule has 15 heteroatoms. The summed E-state index contributed by atoms with van der Waals surface area (Å²) >= 11 is 4.92. The molecule has 1 N–H and O–H groups in total. The van der Waals surface area contributed by atoms with Crippen LogP contribution in [0.1, 0.15) is 0 Å². The molecule has 2 rings (SSSR count). The monoisotopic (exact) mass is 518 g/mol. The van der Waals surface area contributed by atoms with E-state index >= 15 is 0 Å².